The normalized spacial score (nSPS) is 11.5. The van der Waals surface area contributed by atoms with Gasteiger partial charge in [-0.25, -0.2) is 23.2 Å². The Morgan fingerprint density at radius 1 is 1.29 bits per heavy atom. The monoisotopic (exact) mass is 415 g/mol. The number of anilines is 1. The number of nitriles is 1. The van der Waals surface area contributed by atoms with Gasteiger partial charge in [-0.05, 0) is 31.2 Å². The van der Waals surface area contributed by atoms with Gasteiger partial charge in [-0.15, -0.1) is 4.83 Å². The summed E-state index contributed by atoms with van der Waals surface area (Å²) in [7, 11) is -4.19. The average Bonchev–Trinajstić information content (AvgIpc) is 2.66. The van der Waals surface area contributed by atoms with Gasteiger partial charge in [-0.1, -0.05) is 0 Å². The highest BCUT2D eigenvalue weighted by Crippen LogP contribution is 2.31. The van der Waals surface area contributed by atoms with E-state index < -0.39 is 39.4 Å². The number of carbonyl (C=O) groups excluding carboxylic acids is 1. The van der Waals surface area contributed by atoms with E-state index in [4.69, 9.17) is 5.26 Å². The molecule has 2 rings (SSSR count). The van der Waals surface area contributed by atoms with Crippen LogP contribution in [-0.4, -0.2) is 31.0 Å². The van der Waals surface area contributed by atoms with E-state index in [2.05, 4.69) is 14.7 Å². The maximum atomic E-state index is 13.1. The van der Waals surface area contributed by atoms with Crippen molar-refractivity contribution in [1.29, 1.82) is 5.26 Å². The van der Waals surface area contributed by atoms with Gasteiger partial charge in [0.1, 0.15) is 5.56 Å². The lowest BCUT2D eigenvalue weighted by Gasteiger charge is -2.13. The lowest BCUT2D eigenvalue weighted by atomic mass is 10.2. The molecule has 0 aliphatic heterocycles. The van der Waals surface area contributed by atoms with Crippen LogP contribution in [0.4, 0.5) is 19.1 Å². The second-order valence-electron chi connectivity index (χ2n) is 5.04. The second-order valence-corrected chi connectivity index (χ2v) is 6.72. The maximum Gasteiger partial charge on any atom is 0.434 e. The Hall–Kier alpha value is -3.24. The Morgan fingerprint density at radius 2 is 1.93 bits per heavy atom. The molecular formula is C15H12F3N5O4S. The van der Waals surface area contributed by atoms with Gasteiger partial charge in [-0.3, -0.25) is 5.43 Å². The van der Waals surface area contributed by atoms with E-state index in [9.17, 15) is 26.4 Å². The molecule has 0 fully saturated rings. The second kappa shape index (κ2) is 8.19. The number of ether oxygens (including phenoxy) is 1. The topological polar surface area (TPSA) is 134 Å². The number of hydrazine groups is 1. The third kappa shape index (κ3) is 4.93. The molecule has 1 aromatic heterocycles. The fourth-order valence-corrected chi connectivity index (χ4v) is 2.73. The number of sulfonamides is 1. The van der Waals surface area contributed by atoms with Gasteiger partial charge in [0.05, 0.1) is 23.1 Å². The van der Waals surface area contributed by atoms with E-state index in [1.165, 1.54) is 19.1 Å². The molecule has 0 amide bonds. The number of hydrogen-bond donors (Lipinski definition) is 2. The van der Waals surface area contributed by atoms with Gasteiger partial charge in [0.2, 0.25) is 5.95 Å². The zero-order chi connectivity index (χ0) is 20.9. The summed E-state index contributed by atoms with van der Waals surface area (Å²) in [4.78, 5) is 19.8. The van der Waals surface area contributed by atoms with Crippen molar-refractivity contribution in [2.45, 2.75) is 18.0 Å². The number of aromatic nitrogens is 2. The Labute approximate surface area is 157 Å². The first-order chi connectivity index (χ1) is 13.1. The van der Waals surface area contributed by atoms with Crippen molar-refractivity contribution < 1.29 is 31.1 Å². The van der Waals surface area contributed by atoms with E-state index in [0.29, 0.717) is 6.20 Å². The van der Waals surface area contributed by atoms with Crippen LogP contribution < -0.4 is 10.3 Å². The smallest absolute Gasteiger partial charge is 0.434 e. The first-order valence-electron chi connectivity index (χ1n) is 7.48. The predicted octanol–water partition coefficient (Wildman–Crippen LogP) is 1.85. The van der Waals surface area contributed by atoms with Crippen molar-refractivity contribution in [1.82, 2.24) is 14.8 Å². The molecule has 9 nitrogen and oxygen atoms in total. The molecule has 2 N–H and O–H groups in total. The third-order valence-electron chi connectivity index (χ3n) is 3.14. The number of nitrogens with zero attached hydrogens (tertiary/aromatic N) is 3. The van der Waals surface area contributed by atoms with Crippen LogP contribution in [0.1, 0.15) is 28.5 Å². The Balaban J connectivity index is 2.26. The van der Waals surface area contributed by atoms with Crippen LogP contribution >= 0.6 is 0 Å². The van der Waals surface area contributed by atoms with Gasteiger partial charge in [0, 0.05) is 6.20 Å². The van der Waals surface area contributed by atoms with Crippen molar-refractivity contribution >= 4 is 21.9 Å². The summed E-state index contributed by atoms with van der Waals surface area (Å²) >= 11 is 0. The number of alkyl halides is 3. The molecule has 13 heteroatoms. The standard InChI is InChI=1S/C15H12F3N5O4S/c1-2-27-13(24)11-8-20-14(21-12(11)15(16,17)18)22-23-28(25,26)10-5-3-9(7-19)4-6-10/h3-6,8,23H,2H2,1H3,(H,20,21,22). The lowest BCUT2D eigenvalue weighted by molar-refractivity contribution is -0.141. The van der Waals surface area contributed by atoms with Crippen LogP contribution in [0.25, 0.3) is 0 Å². The number of halogens is 3. The summed E-state index contributed by atoms with van der Waals surface area (Å²) in [6, 6.07) is 6.58. The van der Waals surface area contributed by atoms with E-state index in [1.54, 1.807) is 0 Å². The summed E-state index contributed by atoms with van der Waals surface area (Å²) in [6.07, 6.45) is -4.43. The minimum atomic E-state index is -5.01. The summed E-state index contributed by atoms with van der Waals surface area (Å²) in [5.41, 5.74) is -0.323. The molecule has 0 aliphatic rings. The molecule has 2 aromatic rings. The Kier molecular flexibility index (Phi) is 6.16. The number of benzene rings is 1. The summed E-state index contributed by atoms with van der Waals surface area (Å²) in [5.74, 6) is -2.00. The van der Waals surface area contributed by atoms with Crippen molar-refractivity contribution in [2.24, 2.45) is 0 Å². The molecule has 0 bridgehead atoms. The highest BCUT2D eigenvalue weighted by atomic mass is 32.2. The van der Waals surface area contributed by atoms with Gasteiger partial charge >= 0.3 is 12.1 Å². The van der Waals surface area contributed by atoms with Crippen LogP contribution in [0.2, 0.25) is 0 Å². The maximum absolute atomic E-state index is 13.1. The van der Waals surface area contributed by atoms with Gasteiger partial charge in [0.15, 0.2) is 5.69 Å². The van der Waals surface area contributed by atoms with Crippen LogP contribution in [0.5, 0.6) is 0 Å². The zero-order valence-corrected chi connectivity index (χ0v) is 14.9. The Bertz CT molecular complexity index is 1020. The quantitative estimate of drug-likeness (QED) is 0.539. The molecule has 1 aromatic carbocycles. The van der Waals surface area contributed by atoms with Crippen LogP contribution in [0.15, 0.2) is 35.4 Å². The predicted molar refractivity (Wildman–Crippen MR) is 88.1 cm³/mol. The lowest BCUT2D eigenvalue weighted by Crippen LogP contribution is -2.31. The molecule has 0 spiro atoms. The minimum absolute atomic E-state index is 0.152. The number of carbonyl (C=O) groups is 1. The molecule has 148 valence electrons. The highest BCUT2D eigenvalue weighted by molar-refractivity contribution is 7.89. The molecule has 0 saturated carbocycles. The van der Waals surface area contributed by atoms with Crippen molar-refractivity contribution in [3.05, 3.63) is 47.3 Å². The summed E-state index contributed by atoms with van der Waals surface area (Å²) in [5, 5.41) is 8.70. The average molecular weight is 415 g/mol. The molecular weight excluding hydrogens is 403 g/mol. The fraction of sp³-hybridized carbons (Fsp3) is 0.200. The first kappa shape index (κ1) is 21.1. The van der Waals surface area contributed by atoms with Gasteiger partial charge in [0.25, 0.3) is 10.0 Å². The van der Waals surface area contributed by atoms with E-state index in [-0.39, 0.29) is 17.1 Å². The van der Waals surface area contributed by atoms with Crippen LogP contribution in [0, 0.1) is 11.3 Å². The van der Waals surface area contributed by atoms with E-state index >= 15 is 0 Å². The summed E-state index contributed by atoms with van der Waals surface area (Å²) < 4.78 is 68.2. The van der Waals surface area contributed by atoms with Gasteiger partial charge in [-0.2, -0.15) is 18.4 Å². The molecule has 0 aliphatic carbocycles. The molecule has 0 atom stereocenters. The third-order valence-corrected chi connectivity index (χ3v) is 4.41. The van der Waals surface area contributed by atoms with Crippen LogP contribution in [0.3, 0.4) is 0 Å². The van der Waals surface area contributed by atoms with E-state index in [1.807, 2.05) is 16.3 Å². The Morgan fingerprint density at radius 3 is 2.46 bits per heavy atom. The first-order valence-corrected chi connectivity index (χ1v) is 8.96. The van der Waals surface area contributed by atoms with E-state index in [0.717, 1.165) is 12.1 Å². The molecule has 1 heterocycles. The highest BCUT2D eigenvalue weighted by Gasteiger charge is 2.38. The molecule has 0 radical (unpaired) electrons. The number of esters is 1. The SMILES string of the molecule is CCOC(=O)c1cnc(NNS(=O)(=O)c2ccc(C#N)cc2)nc1C(F)(F)F. The molecule has 0 unspecified atom stereocenters. The number of nitrogens with one attached hydrogen (secondary N) is 2. The summed E-state index contributed by atoms with van der Waals surface area (Å²) in [6.45, 7) is 1.26. The van der Waals surface area contributed by atoms with Crippen molar-refractivity contribution in [2.75, 3.05) is 12.0 Å². The number of hydrogen-bond acceptors (Lipinski definition) is 8. The van der Waals surface area contributed by atoms with Gasteiger partial charge < -0.3 is 4.74 Å². The largest absolute Gasteiger partial charge is 0.462 e. The fourth-order valence-electron chi connectivity index (χ4n) is 1.90. The molecule has 0 saturated heterocycles. The van der Waals surface area contributed by atoms with Crippen molar-refractivity contribution in [3.8, 4) is 6.07 Å². The molecule has 28 heavy (non-hydrogen) atoms. The minimum Gasteiger partial charge on any atom is -0.462 e. The number of rotatable bonds is 6. The zero-order valence-electron chi connectivity index (χ0n) is 14.1. The van der Waals surface area contributed by atoms with Crippen LogP contribution in [-0.2, 0) is 20.9 Å². The van der Waals surface area contributed by atoms with Crippen molar-refractivity contribution in [3.63, 3.8) is 0 Å².